The van der Waals surface area contributed by atoms with Crippen LogP contribution in [0, 0.1) is 0 Å². The van der Waals surface area contributed by atoms with Crippen LogP contribution in [0.4, 0.5) is 0 Å². The Kier molecular flexibility index (Phi) is 4.67. The van der Waals surface area contributed by atoms with E-state index in [0.717, 1.165) is 50.3 Å². The van der Waals surface area contributed by atoms with Crippen molar-refractivity contribution < 1.29 is 14.2 Å². The Morgan fingerprint density at radius 2 is 1.48 bits per heavy atom. The molecular weight excluding hydrogens is 390 g/mol. The van der Waals surface area contributed by atoms with E-state index in [1.165, 1.54) is 0 Å². The summed E-state index contributed by atoms with van der Waals surface area (Å²) in [6.45, 7) is 0. The summed E-state index contributed by atoms with van der Waals surface area (Å²) in [5.74, 6) is 2.92. The molecule has 5 rings (SSSR count). The lowest BCUT2D eigenvalue weighted by atomic mass is 10.0. The van der Waals surface area contributed by atoms with Gasteiger partial charge < -0.3 is 19.2 Å². The number of aromatic nitrogens is 3. The third kappa shape index (κ3) is 3.32. The maximum Gasteiger partial charge on any atom is 0.140 e. The molecule has 6 heteroatoms. The largest absolute Gasteiger partial charge is 0.497 e. The summed E-state index contributed by atoms with van der Waals surface area (Å²) in [6.07, 6.45) is 0. The monoisotopic (exact) mass is 411 g/mol. The maximum atomic E-state index is 5.63. The van der Waals surface area contributed by atoms with E-state index in [9.17, 15) is 0 Å². The first-order valence-electron chi connectivity index (χ1n) is 9.86. The molecule has 0 aliphatic carbocycles. The number of pyridine rings is 1. The molecule has 31 heavy (non-hydrogen) atoms. The normalized spacial score (nSPS) is 11.1. The van der Waals surface area contributed by atoms with Crippen molar-refractivity contribution in [2.75, 3.05) is 21.3 Å². The van der Waals surface area contributed by atoms with Crippen molar-refractivity contribution in [3.05, 3.63) is 66.7 Å². The molecule has 1 N–H and O–H groups in total. The molecule has 0 saturated heterocycles. The molecular formula is C25H21N3O3. The van der Waals surface area contributed by atoms with Crippen molar-refractivity contribution in [1.82, 2.24) is 15.0 Å². The summed E-state index contributed by atoms with van der Waals surface area (Å²) in [5.41, 5.74) is 5.31. The van der Waals surface area contributed by atoms with Gasteiger partial charge in [-0.1, -0.05) is 12.1 Å². The summed E-state index contributed by atoms with van der Waals surface area (Å²) in [6, 6.07) is 21.7. The third-order valence-electron chi connectivity index (χ3n) is 5.33. The lowest BCUT2D eigenvalue weighted by Crippen LogP contribution is -1.96. The minimum absolute atomic E-state index is 0.689. The fourth-order valence-electron chi connectivity index (χ4n) is 3.73. The van der Waals surface area contributed by atoms with Crippen LogP contribution in [0.15, 0.2) is 66.7 Å². The van der Waals surface area contributed by atoms with Crippen LogP contribution in [0.2, 0.25) is 0 Å². The van der Waals surface area contributed by atoms with Gasteiger partial charge in [-0.05, 0) is 42.5 Å². The molecule has 0 atom stereocenters. The third-order valence-corrected chi connectivity index (χ3v) is 5.33. The highest BCUT2D eigenvalue weighted by atomic mass is 16.5. The molecule has 0 amide bonds. The summed E-state index contributed by atoms with van der Waals surface area (Å²) in [5, 5.41) is 0.885. The molecule has 0 aliphatic rings. The average molecular weight is 411 g/mol. The summed E-state index contributed by atoms with van der Waals surface area (Å²) in [7, 11) is 4.93. The quantitative estimate of drug-likeness (QED) is 0.415. The smallest absolute Gasteiger partial charge is 0.140 e. The molecule has 5 aromatic rings. The van der Waals surface area contributed by atoms with Crippen LogP contribution in [0.5, 0.6) is 17.2 Å². The Labute approximate surface area is 179 Å². The second kappa shape index (κ2) is 7.65. The number of methoxy groups -OCH3 is 3. The maximum absolute atomic E-state index is 5.63. The molecule has 0 fully saturated rings. The van der Waals surface area contributed by atoms with Gasteiger partial charge in [0.1, 0.15) is 23.1 Å². The van der Waals surface area contributed by atoms with E-state index in [0.29, 0.717) is 11.5 Å². The van der Waals surface area contributed by atoms with Crippen LogP contribution >= 0.6 is 0 Å². The highest BCUT2D eigenvalue weighted by Crippen LogP contribution is 2.38. The van der Waals surface area contributed by atoms with Crippen LogP contribution in [-0.2, 0) is 0 Å². The van der Waals surface area contributed by atoms with Gasteiger partial charge in [-0.2, -0.15) is 0 Å². The van der Waals surface area contributed by atoms with Gasteiger partial charge in [0, 0.05) is 28.6 Å². The summed E-state index contributed by atoms with van der Waals surface area (Å²) in [4.78, 5) is 13.2. The Morgan fingerprint density at radius 3 is 2.19 bits per heavy atom. The van der Waals surface area contributed by atoms with E-state index >= 15 is 0 Å². The zero-order valence-corrected chi connectivity index (χ0v) is 17.5. The van der Waals surface area contributed by atoms with Crippen molar-refractivity contribution >= 4 is 21.9 Å². The van der Waals surface area contributed by atoms with E-state index in [-0.39, 0.29) is 0 Å². The Morgan fingerprint density at radius 1 is 0.710 bits per heavy atom. The topological polar surface area (TPSA) is 69.3 Å². The Hall–Kier alpha value is -4.06. The van der Waals surface area contributed by atoms with E-state index in [1.807, 2.05) is 60.7 Å². The molecule has 6 nitrogen and oxygen atoms in total. The van der Waals surface area contributed by atoms with Gasteiger partial charge in [0.05, 0.1) is 43.6 Å². The fraction of sp³-hybridized carbons (Fsp3) is 0.120. The number of nitrogens with one attached hydrogen (secondary N) is 1. The van der Waals surface area contributed by atoms with E-state index in [1.54, 1.807) is 21.3 Å². The van der Waals surface area contributed by atoms with Gasteiger partial charge in [-0.3, -0.25) is 0 Å². The number of para-hydroxylation sites is 2. The standard InChI is InChI=1S/C25H21N3O3/c1-29-16-10-8-15(9-11-16)24-19(25-27-20-6-4-5-7-21(20)28-25)14-18-22(26-24)12-17(30-2)13-23(18)31-3/h4-14H,1-3H3,(H,27,28). The van der Waals surface area contributed by atoms with Crippen molar-refractivity contribution in [3.63, 3.8) is 0 Å². The van der Waals surface area contributed by atoms with Crippen molar-refractivity contribution in [2.45, 2.75) is 0 Å². The number of nitrogens with zero attached hydrogens (tertiary/aromatic N) is 2. The number of ether oxygens (including phenoxy) is 3. The van der Waals surface area contributed by atoms with Crippen molar-refractivity contribution in [3.8, 4) is 39.9 Å². The molecule has 3 aromatic carbocycles. The lowest BCUT2D eigenvalue weighted by Gasteiger charge is -2.13. The first-order chi connectivity index (χ1) is 15.2. The van der Waals surface area contributed by atoms with Gasteiger partial charge in [-0.25, -0.2) is 9.97 Å². The Balaban J connectivity index is 1.81. The summed E-state index contributed by atoms with van der Waals surface area (Å²) < 4.78 is 16.4. The predicted octanol–water partition coefficient (Wildman–Crippen LogP) is 5.47. The number of hydrogen-bond acceptors (Lipinski definition) is 5. The van der Waals surface area contributed by atoms with E-state index < -0.39 is 0 Å². The van der Waals surface area contributed by atoms with Crippen LogP contribution in [-0.4, -0.2) is 36.3 Å². The lowest BCUT2D eigenvalue weighted by molar-refractivity contribution is 0.398. The highest BCUT2D eigenvalue weighted by Gasteiger charge is 2.17. The number of H-pyrrole nitrogens is 1. The molecule has 0 radical (unpaired) electrons. The van der Waals surface area contributed by atoms with Gasteiger partial charge in [0.25, 0.3) is 0 Å². The van der Waals surface area contributed by atoms with E-state index in [2.05, 4.69) is 11.1 Å². The minimum Gasteiger partial charge on any atom is -0.497 e. The molecule has 0 unspecified atom stereocenters. The SMILES string of the molecule is COc1ccc(-c2nc3cc(OC)cc(OC)c3cc2-c2nc3ccccc3[nH]2)cc1. The van der Waals surface area contributed by atoms with Crippen LogP contribution in [0.25, 0.3) is 44.6 Å². The van der Waals surface area contributed by atoms with Crippen molar-refractivity contribution in [1.29, 1.82) is 0 Å². The molecule has 0 saturated carbocycles. The predicted molar refractivity (Wildman–Crippen MR) is 122 cm³/mol. The highest BCUT2D eigenvalue weighted by molar-refractivity contribution is 5.95. The number of fused-ring (bicyclic) bond motifs is 2. The molecule has 0 bridgehead atoms. The number of rotatable bonds is 5. The zero-order valence-electron chi connectivity index (χ0n) is 17.5. The molecule has 0 spiro atoms. The first kappa shape index (κ1) is 18.9. The minimum atomic E-state index is 0.689. The number of imidazole rings is 1. The van der Waals surface area contributed by atoms with Gasteiger partial charge in [0.2, 0.25) is 0 Å². The number of aromatic amines is 1. The van der Waals surface area contributed by atoms with Crippen LogP contribution in [0.1, 0.15) is 0 Å². The Bertz CT molecular complexity index is 1360. The first-order valence-corrected chi connectivity index (χ1v) is 9.86. The van der Waals surface area contributed by atoms with Gasteiger partial charge in [-0.15, -0.1) is 0 Å². The second-order valence-electron chi connectivity index (χ2n) is 7.11. The second-order valence-corrected chi connectivity index (χ2v) is 7.11. The fourth-order valence-corrected chi connectivity index (χ4v) is 3.73. The molecule has 2 heterocycles. The zero-order chi connectivity index (χ0) is 21.4. The number of hydrogen-bond donors (Lipinski definition) is 1. The number of benzene rings is 3. The summed E-state index contributed by atoms with van der Waals surface area (Å²) >= 11 is 0. The van der Waals surface area contributed by atoms with Crippen LogP contribution < -0.4 is 14.2 Å². The van der Waals surface area contributed by atoms with Crippen molar-refractivity contribution in [2.24, 2.45) is 0 Å². The molecule has 154 valence electrons. The average Bonchev–Trinajstić information content (AvgIpc) is 3.26. The molecule has 0 aliphatic heterocycles. The van der Waals surface area contributed by atoms with Gasteiger partial charge >= 0.3 is 0 Å². The molecule has 2 aromatic heterocycles. The van der Waals surface area contributed by atoms with E-state index in [4.69, 9.17) is 24.2 Å². The van der Waals surface area contributed by atoms with Crippen LogP contribution in [0.3, 0.4) is 0 Å². The van der Waals surface area contributed by atoms with Gasteiger partial charge in [0.15, 0.2) is 0 Å².